The van der Waals surface area contributed by atoms with Crippen LogP contribution in [0, 0.1) is 0 Å². The summed E-state index contributed by atoms with van der Waals surface area (Å²) in [5, 5.41) is 12.1. The molecule has 2 atom stereocenters. The predicted molar refractivity (Wildman–Crippen MR) is 114 cm³/mol. The molecule has 2 amide bonds. The van der Waals surface area contributed by atoms with Gasteiger partial charge in [0.1, 0.15) is 0 Å². The summed E-state index contributed by atoms with van der Waals surface area (Å²) in [6.07, 6.45) is 1.79. The number of benzene rings is 3. The molecule has 0 saturated carbocycles. The van der Waals surface area contributed by atoms with Crippen LogP contribution >= 0.6 is 0 Å². The molecule has 0 spiro atoms. The Bertz CT molecular complexity index is 969. The van der Waals surface area contributed by atoms with Gasteiger partial charge in [0.2, 0.25) is 0 Å². The molecule has 1 aliphatic rings. The number of carbonyl (C=O) groups is 1. The average Bonchev–Trinajstić information content (AvgIpc) is 2.75. The summed E-state index contributed by atoms with van der Waals surface area (Å²) in [6.45, 7) is 3.58. The van der Waals surface area contributed by atoms with Crippen LogP contribution in [0.3, 0.4) is 0 Å². The van der Waals surface area contributed by atoms with E-state index < -0.39 is 0 Å². The Morgan fingerprint density at radius 3 is 2.61 bits per heavy atom. The summed E-state index contributed by atoms with van der Waals surface area (Å²) >= 11 is 0. The van der Waals surface area contributed by atoms with Gasteiger partial charge in [0.15, 0.2) is 0 Å². The molecule has 3 N–H and O–H groups in total. The van der Waals surface area contributed by atoms with Gasteiger partial charge in [-0.3, -0.25) is 0 Å². The molecule has 1 aliphatic heterocycles. The van der Waals surface area contributed by atoms with Crippen LogP contribution in [0.2, 0.25) is 0 Å². The van der Waals surface area contributed by atoms with E-state index in [9.17, 15) is 4.79 Å². The van der Waals surface area contributed by atoms with Gasteiger partial charge in [-0.05, 0) is 46.4 Å². The zero-order valence-corrected chi connectivity index (χ0v) is 16.2. The molecule has 28 heavy (non-hydrogen) atoms. The number of amides is 2. The fraction of sp³-hybridized carbons (Fsp3) is 0.292. The minimum Gasteiger partial charge on any atom is -0.337 e. The smallest absolute Gasteiger partial charge is 0.315 e. The first kappa shape index (κ1) is 18.5. The van der Waals surface area contributed by atoms with Crippen molar-refractivity contribution in [3.8, 4) is 0 Å². The first-order valence-corrected chi connectivity index (χ1v) is 10.1. The quantitative estimate of drug-likeness (QED) is 0.624. The van der Waals surface area contributed by atoms with Crippen LogP contribution in [0.25, 0.3) is 10.8 Å². The first-order chi connectivity index (χ1) is 13.7. The van der Waals surface area contributed by atoms with Crippen LogP contribution in [0.5, 0.6) is 0 Å². The molecule has 0 radical (unpaired) electrons. The van der Waals surface area contributed by atoms with Crippen molar-refractivity contribution in [1.29, 1.82) is 0 Å². The Labute approximate surface area is 166 Å². The lowest BCUT2D eigenvalue weighted by atomic mass is 9.96. The monoisotopic (exact) mass is 373 g/mol. The van der Waals surface area contributed by atoms with E-state index in [-0.39, 0.29) is 18.1 Å². The molecular weight excluding hydrogens is 346 g/mol. The van der Waals surface area contributed by atoms with Gasteiger partial charge in [0.05, 0.1) is 6.04 Å². The predicted octanol–water partition coefficient (Wildman–Crippen LogP) is 4.30. The molecule has 4 rings (SSSR count). The van der Waals surface area contributed by atoms with Gasteiger partial charge in [-0.2, -0.15) is 0 Å². The van der Waals surface area contributed by atoms with Crippen LogP contribution in [0.1, 0.15) is 36.1 Å². The number of fused-ring (bicyclic) bond motifs is 2. The van der Waals surface area contributed by atoms with E-state index in [2.05, 4.69) is 77.5 Å². The van der Waals surface area contributed by atoms with Crippen molar-refractivity contribution in [2.45, 2.75) is 38.4 Å². The third kappa shape index (κ3) is 4.18. The van der Waals surface area contributed by atoms with Crippen molar-refractivity contribution in [2.75, 3.05) is 6.54 Å². The zero-order chi connectivity index (χ0) is 19.3. The van der Waals surface area contributed by atoms with E-state index in [0.29, 0.717) is 6.54 Å². The fourth-order valence-corrected chi connectivity index (χ4v) is 3.94. The second-order valence-electron chi connectivity index (χ2n) is 7.47. The average molecular weight is 374 g/mol. The van der Waals surface area contributed by atoms with E-state index in [1.165, 1.54) is 21.9 Å². The number of carbonyl (C=O) groups excluding carboxylic acids is 1. The number of hydrogen-bond acceptors (Lipinski definition) is 2. The third-order valence-corrected chi connectivity index (χ3v) is 5.56. The van der Waals surface area contributed by atoms with Gasteiger partial charge in [-0.15, -0.1) is 0 Å². The second-order valence-corrected chi connectivity index (χ2v) is 7.47. The van der Waals surface area contributed by atoms with Crippen LogP contribution < -0.4 is 16.0 Å². The third-order valence-electron chi connectivity index (χ3n) is 5.56. The van der Waals surface area contributed by atoms with Gasteiger partial charge in [0.25, 0.3) is 0 Å². The van der Waals surface area contributed by atoms with Crippen molar-refractivity contribution < 1.29 is 4.79 Å². The summed E-state index contributed by atoms with van der Waals surface area (Å²) in [5.41, 5.74) is 3.86. The van der Waals surface area contributed by atoms with Gasteiger partial charge >= 0.3 is 6.03 Å². The number of nitrogens with one attached hydrogen (secondary N) is 3. The van der Waals surface area contributed by atoms with Gasteiger partial charge in [-0.1, -0.05) is 67.6 Å². The van der Waals surface area contributed by atoms with E-state index in [1.54, 1.807) is 0 Å². The molecule has 144 valence electrons. The van der Waals surface area contributed by atoms with Gasteiger partial charge in [-0.25, -0.2) is 4.79 Å². The Balaban J connectivity index is 1.34. The maximum Gasteiger partial charge on any atom is 0.315 e. The van der Waals surface area contributed by atoms with Crippen molar-refractivity contribution in [3.63, 3.8) is 0 Å². The van der Waals surface area contributed by atoms with Crippen LogP contribution in [-0.4, -0.2) is 18.6 Å². The fourth-order valence-electron chi connectivity index (χ4n) is 3.94. The molecule has 0 bridgehead atoms. The molecule has 4 heteroatoms. The summed E-state index contributed by atoms with van der Waals surface area (Å²) in [6, 6.07) is 23.4. The first-order valence-electron chi connectivity index (χ1n) is 10.1. The maximum atomic E-state index is 12.5. The summed E-state index contributed by atoms with van der Waals surface area (Å²) in [7, 11) is 0. The van der Waals surface area contributed by atoms with Gasteiger partial charge in [0, 0.05) is 19.1 Å². The Kier molecular flexibility index (Phi) is 5.58. The molecule has 2 unspecified atom stereocenters. The molecule has 0 aromatic heterocycles. The topological polar surface area (TPSA) is 53.2 Å². The molecule has 1 heterocycles. The van der Waals surface area contributed by atoms with E-state index in [0.717, 1.165) is 24.9 Å². The highest BCUT2D eigenvalue weighted by atomic mass is 16.2. The molecule has 0 fully saturated rings. The normalized spacial score (nSPS) is 17.0. The van der Waals surface area contributed by atoms with Crippen LogP contribution in [-0.2, 0) is 13.0 Å². The summed E-state index contributed by atoms with van der Waals surface area (Å²) in [4.78, 5) is 12.5. The standard InChI is InChI=1S/C24H27N3O/c1-2-23(20-12-11-17-7-3-4-8-18(17)13-20)27-24(28)26-16-22-14-19-9-5-6-10-21(19)15-25-22/h3-13,22-23,25H,2,14-16H2,1H3,(H2,26,27,28). The van der Waals surface area contributed by atoms with Crippen LogP contribution in [0.15, 0.2) is 66.7 Å². The maximum absolute atomic E-state index is 12.5. The second kappa shape index (κ2) is 8.44. The molecule has 3 aromatic rings. The lowest BCUT2D eigenvalue weighted by Gasteiger charge is -2.27. The largest absolute Gasteiger partial charge is 0.337 e. The SMILES string of the molecule is CCC(NC(=O)NCC1Cc2ccccc2CN1)c1ccc2ccccc2c1. The molecule has 0 aliphatic carbocycles. The van der Waals surface area contributed by atoms with Gasteiger partial charge < -0.3 is 16.0 Å². The summed E-state index contributed by atoms with van der Waals surface area (Å²) < 4.78 is 0. The lowest BCUT2D eigenvalue weighted by Crippen LogP contribution is -2.47. The number of rotatable bonds is 5. The molecule has 3 aromatic carbocycles. The number of urea groups is 1. The highest BCUT2D eigenvalue weighted by molar-refractivity contribution is 5.83. The highest BCUT2D eigenvalue weighted by Crippen LogP contribution is 2.22. The van der Waals surface area contributed by atoms with E-state index in [1.807, 2.05) is 12.1 Å². The Hall–Kier alpha value is -2.85. The minimum absolute atomic E-state index is 0.00430. The molecular formula is C24H27N3O. The Morgan fingerprint density at radius 2 is 1.79 bits per heavy atom. The summed E-state index contributed by atoms with van der Waals surface area (Å²) in [5.74, 6) is 0. The lowest BCUT2D eigenvalue weighted by molar-refractivity contribution is 0.235. The zero-order valence-electron chi connectivity index (χ0n) is 16.2. The molecule has 4 nitrogen and oxygen atoms in total. The minimum atomic E-state index is -0.110. The van der Waals surface area contributed by atoms with E-state index >= 15 is 0 Å². The van der Waals surface area contributed by atoms with E-state index in [4.69, 9.17) is 0 Å². The van der Waals surface area contributed by atoms with Crippen LogP contribution in [0.4, 0.5) is 4.79 Å². The van der Waals surface area contributed by atoms with Crippen molar-refractivity contribution in [3.05, 3.63) is 83.4 Å². The number of hydrogen-bond donors (Lipinski definition) is 3. The Morgan fingerprint density at radius 1 is 1.04 bits per heavy atom. The molecule has 0 saturated heterocycles. The van der Waals surface area contributed by atoms with Crippen molar-refractivity contribution in [1.82, 2.24) is 16.0 Å². The van der Waals surface area contributed by atoms with Crippen molar-refractivity contribution in [2.24, 2.45) is 0 Å². The van der Waals surface area contributed by atoms with Crippen molar-refractivity contribution >= 4 is 16.8 Å². The highest BCUT2D eigenvalue weighted by Gasteiger charge is 2.19.